The van der Waals surface area contributed by atoms with Crippen molar-refractivity contribution < 1.29 is 47.2 Å². The number of ether oxygens (including phenoxy) is 5. The third-order valence-electron chi connectivity index (χ3n) is 9.23. The summed E-state index contributed by atoms with van der Waals surface area (Å²) in [5, 5.41) is 8.84. The predicted molar refractivity (Wildman–Crippen MR) is 227 cm³/mol. The first-order valence-electron chi connectivity index (χ1n) is 18.5. The van der Waals surface area contributed by atoms with E-state index in [2.05, 4.69) is 4.74 Å². The van der Waals surface area contributed by atoms with Crippen molar-refractivity contribution in [2.75, 3.05) is 7.11 Å². The number of methoxy groups -OCH3 is 1. The summed E-state index contributed by atoms with van der Waals surface area (Å²) in [6.45, 7) is 6.02. The van der Waals surface area contributed by atoms with Crippen LogP contribution in [0.25, 0.3) is 11.4 Å². The van der Waals surface area contributed by atoms with Crippen molar-refractivity contribution in [3.8, 4) is 45.9 Å². The standard InChI is InChI=1S/C22H20ClFN2O6.C21H18ClFN2O6/c1-12-9-20(27)26(22(29)25(12)3)16-11-19(14(23)10-15(16)24)32-18-8-6-5-7-17(18)31-13(2)21(28)30-4;1-11-8-19(26)25(21(29)24(11)3)15-10-18(13(22)9-14(15)23)31-17-7-5-4-6-16(17)30-12(2)20(27)28/h5-11,13H,1-4H3;4-10,12H,1-3H3,(H,27,28). The zero-order valence-electron chi connectivity index (χ0n) is 34.5. The van der Waals surface area contributed by atoms with E-state index in [0.29, 0.717) is 20.5 Å². The number of halogens is 4. The summed E-state index contributed by atoms with van der Waals surface area (Å²) < 4.78 is 60.3. The molecule has 0 aliphatic heterocycles. The Morgan fingerprint density at radius 1 is 0.603 bits per heavy atom. The smallest absolute Gasteiger partial charge is 0.346 e. The molecular formula is C43H38Cl2F2N4O12. The average molecular weight is 912 g/mol. The van der Waals surface area contributed by atoms with Crippen molar-refractivity contribution in [1.82, 2.24) is 18.3 Å². The SMILES string of the molecule is COC(=O)C(C)Oc1ccccc1Oc1cc(-n2c(=O)cc(C)n(C)c2=O)c(F)cc1Cl.Cc1cc(=O)n(-c2cc(Oc3ccccc3OC(C)C(=O)O)c(Cl)cc2F)c(=O)n1C. The molecule has 16 nitrogen and oxygen atoms in total. The number of aromatic nitrogens is 4. The van der Waals surface area contributed by atoms with Gasteiger partial charge in [-0.2, -0.15) is 0 Å². The maximum atomic E-state index is 14.7. The van der Waals surface area contributed by atoms with Gasteiger partial charge in [-0.05, 0) is 64.1 Å². The summed E-state index contributed by atoms with van der Waals surface area (Å²) >= 11 is 12.3. The van der Waals surface area contributed by atoms with Crippen LogP contribution >= 0.6 is 23.2 Å². The van der Waals surface area contributed by atoms with E-state index in [0.717, 1.165) is 24.3 Å². The van der Waals surface area contributed by atoms with Crippen LogP contribution in [0.5, 0.6) is 34.5 Å². The van der Waals surface area contributed by atoms with Gasteiger partial charge in [-0.25, -0.2) is 37.1 Å². The van der Waals surface area contributed by atoms with Gasteiger partial charge in [0, 0.05) is 49.7 Å². The quantitative estimate of drug-likeness (QED) is 0.129. The van der Waals surface area contributed by atoms with Gasteiger partial charge < -0.3 is 37.9 Å². The molecule has 4 aromatic carbocycles. The number of hydrogen-bond acceptors (Lipinski definition) is 11. The van der Waals surface area contributed by atoms with E-state index in [1.807, 2.05) is 0 Å². The second kappa shape index (κ2) is 19.7. The topological polar surface area (TPSA) is 189 Å². The molecule has 2 aromatic heterocycles. The number of para-hydroxylation sites is 4. The largest absolute Gasteiger partial charge is 0.479 e. The first-order chi connectivity index (χ1) is 29.7. The molecule has 63 heavy (non-hydrogen) atoms. The third kappa shape index (κ3) is 10.5. The lowest BCUT2D eigenvalue weighted by Crippen LogP contribution is -2.38. The summed E-state index contributed by atoms with van der Waals surface area (Å²) in [6.07, 6.45) is -2.07. The Kier molecular flexibility index (Phi) is 14.6. The Balaban J connectivity index is 0.000000238. The molecule has 0 saturated carbocycles. The number of benzene rings is 4. The fraction of sp³-hybridized carbons (Fsp3) is 0.209. The van der Waals surface area contributed by atoms with E-state index >= 15 is 0 Å². The van der Waals surface area contributed by atoms with Crippen molar-refractivity contribution in [2.45, 2.75) is 39.9 Å². The Hall–Kier alpha value is -7.18. The van der Waals surface area contributed by atoms with Gasteiger partial charge in [0.25, 0.3) is 11.1 Å². The maximum absolute atomic E-state index is 14.7. The fourth-order valence-electron chi connectivity index (χ4n) is 5.60. The molecule has 2 unspecified atom stereocenters. The second-order valence-corrected chi connectivity index (χ2v) is 14.4. The Morgan fingerprint density at radius 2 is 0.968 bits per heavy atom. The van der Waals surface area contributed by atoms with Crippen LogP contribution in [0.2, 0.25) is 10.0 Å². The van der Waals surface area contributed by atoms with Crippen molar-refractivity contribution in [3.63, 3.8) is 0 Å². The highest BCUT2D eigenvalue weighted by Gasteiger charge is 2.22. The van der Waals surface area contributed by atoms with Crippen molar-refractivity contribution in [2.24, 2.45) is 14.1 Å². The van der Waals surface area contributed by atoms with E-state index in [1.54, 1.807) is 50.2 Å². The Morgan fingerprint density at radius 3 is 1.33 bits per heavy atom. The van der Waals surface area contributed by atoms with Crippen LogP contribution in [0, 0.1) is 25.5 Å². The van der Waals surface area contributed by atoms with Crippen molar-refractivity contribution in [1.29, 1.82) is 0 Å². The van der Waals surface area contributed by atoms with E-state index in [9.17, 15) is 37.5 Å². The average Bonchev–Trinajstić information content (AvgIpc) is 3.23. The van der Waals surface area contributed by atoms with Gasteiger partial charge in [-0.3, -0.25) is 9.59 Å². The zero-order valence-corrected chi connectivity index (χ0v) is 36.0. The molecule has 330 valence electrons. The Labute approximate surface area is 366 Å². The first-order valence-corrected chi connectivity index (χ1v) is 19.3. The molecule has 6 rings (SSSR count). The highest BCUT2D eigenvalue weighted by atomic mass is 35.5. The maximum Gasteiger partial charge on any atom is 0.346 e. The number of nitrogens with zero attached hydrogens (tertiary/aromatic N) is 4. The fourth-order valence-corrected chi connectivity index (χ4v) is 5.97. The lowest BCUT2D eigenvalue weighted by atomic mass is 10.2. The van der Waals surface area contributed by atoms with E-state index in [-0.39, 0.29) is 55.9 Å². The molecule has 2 atom stereocenters. The monoisotopic (exact) mass is 910 g/mol. The van der Waals surface area contributed by atoms with Crippen LogP contribution < -0.4 is 41.4 Å². The van der Waals surface area contributed by atoms with Crippen LogP contribution in [-0.4, -0.2) is 54.6 Å². The van der Waals surface area contributed by atoms with E-state index in [4.69, 9.17) is 47.3 Å². The molecular weight excluding hydrogens is 873 g/mol. The molecule has 0 fully saturated rings. The van der Waals surface area contributed by atoms with Gasteiger partial charge in [0.2, 0.25) is 0 Å². The summed E-state index contributed by atoms with van der Waals surface area (Å²) in [4.78, 5) is 72.8. The van der Waals surface area contributed by atoms with Crippen LogP contribution in [-0.2, 0) is 28.4 Å². The molecule has 0 radical (unpaired) electrons. The number of aryl methyl sites for hydroxylation is 2. The van der Waals surface area contributed by atoms with Crippen LogP contribution in [0.1, 0.15) is 25.2 Å². The summed E-state index contributed by atoms with van der Waals surface area (Å²) in [5.74, 6) is -3.03. The van der Waals surface area contributed by atoms with Gasteiger partial charge in [-0.1, -0.05) is 47.5 Å². The molecule has 0 spiro atoms. The van der Waals surface area contributed by atoms with E-state index in [1.165, 1.54) is 68.5 Å². The highest BCUT2D eigenvalue weighted by Crippen LogP contribution is 2.39. The number of rotatable bonds is 12. The van der Waals surface area contributed by atoms with Gasteiger partial charge in [-0.15, -0.1) is 0 Å². The lowest BCUT2D eigenvalue weighted by Gasteiger charge is -2.17. The summed E-state index contributed by atoms with van der Waals surface area (Å²) in [7, 11) is 4.16. The number of hydrogen-bond donors (Lipinski definition) is 1. The van der Waals surface area contributed by atoms with Crippen LogP contribution in [0.3, 0.4) is 0 Å². The van der Waals surface area contributed by atoms with Gasteiger partial charge >= 0.3 is 23.3 Å². The minimum Gasteiger partial charge on any atom is -0.479 e. The number of carboxylic acid groups (broad SMARTS) is 1. The predicted octanol–water partition coefficient (Wildman–Crippen LogP) is 6.65. The highest BCUT2D eigenvalue weighted by molar-refractivity contribution is 6.32. The molecule has 1 N–H and O–H groups in total. The number of carbonyl (C=O) groups is 2. The minimum absolute atomic E-state index is 0.0284. The molecule has 0 bridgehead atoms. The molecule has 0 aliphatic rings. The normalized spacial score (nSPS) is 11.7. The van der Waals surface area contributed by atoms with Crippen LogP contribution in [0.15, 0.2) is 104 Å². The third-order valence-corrected chi connectivity index (χ3v) is 9.82. The van der Waals surface area contributed by atoms with Crippen molar-refractivity contribution in [3.05, 3.63) is 160 Å². The summed E-state index contributed by atoms with van der Waals surface area (Å²) in [5.41, 5.74) is -2.71. The molecule has 0 saturated heterocycles. The minimum atomic E-state index is -1.17. The molecule has 0 amide bonds. The molecule has 20 heteroatoms. The summed E-state index contributed by atoms with van der Waals surface area (Å²) in [6, 6.07) is 19.2. The second-order valence-electron chi connectivity index (χ2n) is 13.5. The van der Waals surface area contributed by atoms with Gasteiger partial charge in [0.05, 0.1) is 28.5 Å². The number of esters is 1. The Bertz CT molecular complexity index is 2980. The number of carbonyl (C=O) groups excluding carboxylic acids is 1. The van der Waals surface area contributed by atoms with Crippen molar-refractivity contribution >= 4 is 35.1 Å². The molecule has 6 aromatic rings. The first kappa shape index (κ1) is 46.9. The molecule has 2 heterocycles. The van der Waals surface area contributed by atoms with Gasteiger partial charge in [0.15, 0.2) is 35.2 Å². The number of aliphatic carboxylic acids is 1. The zero-order chi connectivity index (χ0) is 46.4. The number of carboxylic acids is 1. The lowest BCUT2D eigenvalue weighted by molar-refractivity contribution is -0.148. The van der Waals surface area contributed by atoms with Gasteiger partial charge in [0.1, 0.15) is 23.1 Å². The molecule has 0 aliphatic carbocycles. The van der Waals surface area contributed by atoms with E-state index < -0.39 is 58.3 Å². The van der Waals surface area contributed by atoms with Crippen LogP contribution in [0.4, 0.5) is 8.78 Å².